The van der Waals surface area contributed by atoms with Gasteiger partial charge < -0.3 is 10.2 Å². The van der Waals surface area contributed by atoms with Crippen molar-refractivity contribution in [3.8, 4) is 11.1 Å². The molecule has 1 heterocycles. The molecule has 0 aromatic heterocycles. The quantitative estimate of drug-likeness (QED) is 0.780. The summed E-state index contributed by atoms with van der Waals surface area (Å²) in [5.74, 6) is 0.150. The molecule has 4 nitrogen and oxygen atoms in total. The SMILES string of the molecule is CC(=O)N1CCC(C(=O)Nc2ccc3c(c2)Cc2ccccc2-3)CC1. The molecule has 4 rings (SSSR count). The molecule has 1 N–H and O–H groups in total. The summed E-state index contributed by atoms with van der Waals surface area (Å²) in [4.78, 5) is 25.8. The van der Waals surface area contributed by atoms with Gasteiger partial charge in [-0.3, -0.25) is 9.59 Å². The number of benzene rings is 2. The molecule has 0 radical (unpaired) electrons. The number of nitrogens with one attached hydrogen (secondary N) is 1. The topological polar surface area (TPSA) is 49.4 Å². The van der Waals surface area contributed by atoms with E-state index in [0.717, 1.165) is 24.9 Å². The van der Waals surface area contributed by atoms with Crippen molar-refractivity contribution in [2.75, 3.05) is 18.4 Å². The zero-order valence-corrected chi connectivity index (χ0v) is 14.4. The van der Waals surface area contributed by atoms with Crippen molar-refractivity contribution in [3.63, 3.8) is 0 Å². The number of hydrogen-bond acceptors (Lipinski definition) is 2. The van der Waals surface area contributed by atoms with Gasteiger partial charge in [0.25, 0.3) is 0 Å². The summed E-state index contributed by atoms with van der Waals surface area (Å²) < 4.78 is 0. The second kappa shape index (κ2) is 6.36. The summed E-state index contributed by atoms with van der Waals surface area (Å²) in [6, 6.07) is 14.6. The fourth-order valence-electron chi connectivity index (χ4n) is 3.92. The maximum Gasteiger partial charge on any atom is 0.227 e. The Balaban J connectivity index is 1.43. The van der Waals surface area contributed by atoms with Crippen LogP contribution in [0.15, 0.2) is 42.5 Å². The van der Waals surface area contributed by atoms with Crippen LogP contribution < -0.4 is 5.32 Å². The highest BCUT2D eigenvalue weighted by Gasteiger charge is 2.26. The van der Waals surface area contributed by atoms with Crippen LogP contribution in [0.5, 0.6) is 0 Å². The van der Waals surface area contributed by atoms with E-state index in [1.54, 1.807) is 6.92 Å². The van der Waals surface area contributed by atoms with Gasteiger partial charge in [0.1, 0.15) is 0 Å². The zero-order chi connectivity index (χ0) is 17.4. The first-order chi connectivity index (χ1) is 12.1. The average Bonchev–Trinajstić information content (AvgIpc) is 2.99. The standard InChI is InChI=1S/C21H22N2O2/c1-14(24)23-10-8-15(9-11-23)21(25)22-18-6-7-20-17(13-18)12-16-4-2-3-5-19(16)20/h2-7,13,15H,8-12H2,1H3,(H,22,25). The Bertz CT molecular complexity index is 836. The summed E-state index contributed by atoms with van der Waals surface area (Å²) in [5.41, 5.74) is 6.05. The van der Waals surface area contributed by atoms with Crippen molar-refractivity contribution in [3.05, 3.63) is 53.6 Å². The molecule has 2 aromatic rings. The first-order valence-electron chi connectivity index (χ1n) is 8.89. The molecule has 1 aliphatic carbocycles. The molecule has 0 atom stereocenters. The molecule has 128 valence electrons. The van der Waals surface area contributed by atoms with Crippen LogP contribution in [0, 0.1) is 5.92 Å². The number of hydrogen-bond donors (Lipinski definition) is 1. The van der Waals surface area contributed by atoms with Gasteiger partial charge in [0.2, 0.25) is 11.8 Å². The number of piperidine rings is 1. The number of nitrogens with zero attached hydrogens (tertiary/aromatic N) is 1. The predicted molar refractivity (Wildman–Crippen MR) is 98.3 cm³/mol. The molecule has 1 fully saturated rings. The molecule has 0 saturated carbocycles. The van der Waals surface area contributed by atoms with Gasteiger partial charge in [-0.1, -0.05) is 30.3 Å². The highest BCUT2D eigenvalue weighted by Crippen LogP contribution is 2.37. The lowest BCUT2D eigenvalue weighted by molar-refractivity contribution is -0.132. The number of carbonyl (C=O) groups is 2. The van der Waals surface area contributed by atoms with E-state index in [1.807, 2.05) is 11.0 Å². The maximum absolute atomic E-state index is 12.5. The summed E-state index contributed by atoms with van der Waals surface area (Å²) >= 11 is 0. The van der Waals surface area contributed by atoms with Crippen LogP contribution in [0.1, 0.15) is 30.9 Å². The van der Waals surface area contributed by atoms with E-state index >= 15 is 0 Å². The Morgan fingerprint density at radius 1 is 1.00 bits per heavy atom. The average molecular weight is 334 g/mol. The number of likely N-dealkylation sites (tertiary alicyclic amines) is 1. The molecule has 0 bridgehead atoms. The van der Waals surface area contributed by atoms with Gasteiger partial charge in [-0.05, 0) is 53.6 Å². The largest absolute Gasteiger partial charge is 0.343 e. The third-order valence-corrected chi connectivity index (χ3v) is 5.37. The predicted octanol–water partition coefficient (Wildman–Crippen LogP) is 3.45. The highest BCUT2D eigenvalue weighted by molar-refractivity contribution is 5.93. The van der Waals surface area contributed by atoms with Gasteiger partial charge in [-0.25, -0.2) is 0 Å². The Morgan fingerprint density at radius 2 is 1.72 bits per heavy atom. The van der Waals surface area contributed by atoms with Gasteiger partial charge in [-0.15, -0.1) is 0 Å². The van der Waals surface area contributed by atoms with Gasteiger partial charge in [0.15, 0.2) is 0 Å². The van der Waals surface area contributed by atoms with E-state index in [0.29, 0.717) is 13.1 Å². The smallest absolute Gasteiger partial charge is 0.227 e. The molecule has 0 unspecified atom stereocenters. The molecule has 2 aliphatic rings. The van der Waals surface area contributed by atoms with Gasteiger partial charge in [0.05, 0.1) is 0 Å². The Labute approximate surface area is 147 Å². The van der Waals surface area contributed by atoms with Gasteiger partial charge in [-0.2, -0.15) is 0 Å². The van der Waals surface area contributed by atoms with Crippen LogP contribution >= 0.6 is 0 Å². The Hall–Kier alpha value is -2.62. The van der Waals surface area contributed by atoms with E-state index in [9.17, 15) is 9.59 Å². The number of amides is 2. The number of carbonyl (C=O) groups excluding carboxylic acids is 2. The summed E-state index contributed by atoms with van der Waals surface area (Å²) in [6.45, 7) is 2.93. The Kier molecular flexibility index (Phi) is 4.04. The zero-order valence-electron chi connectivity index (χ0n) is 14.4. The lowest BCUT2D eigenvalue weighted by Gasteiger charge is -2.30. The summed E-state index contributed by atoms with van der Waals surface area (Å²) in [7, 11) is 0. The van der Waals surface area contributed by atoms with E-state index in [1.165, 1.54) is 22.3 Å². The molecule has 2 aromatic carbocycles. The molecule has 25 heavy (non-hydrogen) atoms. The molecule has 4 heteroatoms. The lowest BCUT2D eigenvalue weighted by Crippen LogP contribution is -2.40. The van der Waals surface area contributed by atoms with E-state index < -0.39 is 0 Å². The second-order valence-corrected chi connectivity index (χ2v) is 6.98. The summed E-state index contributed by atoms with van der Waals surface area (Å²) in [6.07, 6.45) is 2.40. The van der Waals surface area contributed by atoms with Crippen molar-refractivity contribution >= 4 is 17.5 Å². The van der Waals surface area contributed by atoms with Gasteiger partial charge >= 0.3 is 0 Å². The number of fused-ring (bicyclic) bond motifs is 3. The van der Waals surface area contributed by atoms with Crippen LogP contribution in [0.25, 0.3) is 11.1 Å². The highest BCUT2D eigenvalue weighted by atomic mass is 16.2. The molecular formula is C21H22N2O2. The monoisotopic (exact) mass is 334 g/mol. The minimum absolute atomic E-state index is 0.0129. The minimum Gasteiger partial charge on any atom is -0.343 e. The fourth-order valence-corrected chi connectivity index (χ4v) is 3.92. The van der Waals surface area contributed by atoms with Crippen LogP contribution in [-0.4, -0.2) is 29.8 Å². The van der Waals surface area contributed by atoms with Crippen LogP contribution in [-0.2, 0) is 16.0 Å². The number of anilines is 1. The lowest BCUT2D eigenvalue weighted by atomic mass is 9.95. The third kappa shape index (κ3) is 3.04. The van der Waals surface area contributed by atoms with E-state index in [-0.39, 0.29) is 17.7 Å². The molecule has 0 spiro atoms. The first-order valence-corrected chi connectivity index (χ1v) is 8.89. The van der Waals surface area contributed by atoms with Crippen LogP contribution in [0.2, 0.25) is 0 Å². The molecular weight excluding hydrogens is 312 g/mol. The normalized spacial score (nSPS) is 16.3. The third-order valence-electron chi connectivity index (χ3n) is 5.37. The molecule has 1 aliphatic heterocycles. The first kappa shape index (κ1) is 15.9. The second-order valence-electron chi connectivity index (χ2n) is 6.98. The fraction of sp³-hybridized carbons (Fsp3) is 0.333. The van der Waals surface area contributed by atoms with Gasteiger partial charge in [0, 0.05) is 31.6 Å². The van der Waals surface area contributed by atoms with Crippen molar-refractivity contribution in [2.45, 2.75) is 26.2 Å². The molecule has 2 amide bonds. The summed E-state index contributed by atoms with van der Waals surface area (Å²) in [5, 5.41) is 3.07. The van der Waals surface area contributed by atoms with Crippen molar-refractivity contribution in [1.29, 1.82) is 0 Å². The number of rotatable bonds is 2. The maximum atomic E-state index is 12.5. The van der Waals surface area contributed by atoms with Crippen LogP contribution in [0.4, 0.5) is 5.69 Å². The van der Waals surface area contributed by atoms with Crippen molar-refractivity contribution in [2.24, 2.45) is 5.92 Å². The Morgan fingerprint density at radius 3 is 2.48 bits per heavy atom. The minimum atomic E-state index is -0.0129. The van der Waals surface area contributed by atoms with Crippen molar-refractivity contribution in [1.82, 2.24) is 4.90 Å². The van der Waals surface area contributed by atoms with Crippen molar-refractivity contribution < 1.29 is 9.59 Å². The molecule has 1 saturated heterocycles. The van der Waals surface area contributed by atoms with E-state index in [4.69, 9.17) is 0 Å². The van der Waals surface area contributed by atoms with Crippen LogP contribution in [0.3, 0.4) is 0 Å². The van der Waals surface area contributed by atoms with E-state index in [2.05, 4.69) is 41.7 Å².